The van der Waals surface area contributed by atoms with E-state index in [4.69, 9.17) is 9.47 Å². The maximum Gasteiger partial charge on any atom is 0.272 e. The molecule has 4 rings (SSSR count). The highest BCUT2D eigenvalue weighted by Crippen LogP contribution is 2.41. The number of rotatable bonds is 6. The Bertz CT molecular complexity index is 1090. The third-order valence-corrected chi connectivity index (χ3v) is 4.99. The summed E-state index contributed by atoms with van der Waals surface area (Å²) in [6.45, 7) is 2.10. The second-order valence-corrected chi connectivity index (χ2v) is 6.65. The zero-order valence-electron chi connectivity index (χ0n) is 16.2. The average molecular weight is 374 g/mol. The lowest BCUT2D eigenvalue weighted by molar-refractivity contribution is -0.361. The van der Waals surface area contributed by atoms with Gasteiger partial charge in [-0.2, -0.15) is 0 Å². The first-order valence-corrected chi connectivity index (χ1v) is 9.24. The average Bonchev–Trinajstić information content (AvgIpc) is 3.07. The lowest BCUT2D eigenvalue weighted by Gasteiger charge is -2.20. The summed E-state index contributed by atoms with van der Waals surface area (Å²) in [5, 5.41) is 4.82. The number of pyridine rings is 1. The number of methoxy groups -OCH3 is 2. The molecule has 0 unspecified atom stereocenters. The van der Waals surface area contributed by atoms with Crippen LogP contribution in [0.2, 0.25) is 0 Å². The van der Waals surface area contributed by atoms with Gasteiger partial charge in [0.1, 0.15) is 0 Å². The van der Waals surface area contributed by atoms with Crippen LogP contribution < -0.4 is 19.8 Å². The lowest BCUT2D eigenvalue weighted by atomic mass is 9.94. The first kappa shape index (κ1) is 17.9. The molecule has 0 fully saturated rings. The summed E-state index contributed by atoms with van der Waals surface area (Å²) in [4.78, 5) is 6.78. The number of aromatic nitrogens is 2. The zero-order valence-corrected chi connectivity index (χ0v) is 16.2. The van der Waals surface area contributed by atoms with Gasteiger partial charge in [0.15, 0.2) is 17.5 Å². The monoisotopic (exact) mass is 374 g/mol. The number of aromatic amines is 2. The molecule has 4 aromatic rings. The molecule has 0 aliphatic heterocycles. The third-order valence-electron chi connectivity index (χ3n) is 4.99. The highest BCUT2D eigenvalue weighted by atomic mass is 16.5. The normalized spacial score (nSPS) is 12.0. The van der Waals surface area contributed by atoms with E-state index in [1.54, 1.807) is 14.2 Å². The summed E-state index contributed by atoms with van der Waals surface area (Å²) in [5.74, 6) is 2.35. The van der Waals surface area contributed by atoms with Crippen LogP contribution >= 0.6 is 0 Å². The Morgan fingerprint density at radius 1 is 0.929 bits per heavy atom. The van der Waals surface area contributed by atoms with E-state index in [-0.39, 0.29) is 6.04 Å². The van der Waals surface area contributed by atoms with Gasteiger partial charge in [-0.1, -0.05) is 36.4 Å². The molecular formula is C23H24N3O2+. The molecule has 0 radical (unpaired) electrons. The molecule has 0 spiro atoms. The van der Waals surface area contributed by atoms with Crippen molar-refractivity contribution in [3.63, 3.8) is 0 Å². The molecule has 1 atom stereocenters. The van der Waals surface area contributed by atoms with Crippen molar-refractivity contribution in [2.45, 2.75) is 13.0 Å². The minimum atomic E-state index is -0.139. The Balaban J connectivity index is 1.94. The molecule has 0 amide bonds. The molecule has 2 heterocycles. The second-order valence-electron chi connectivity index (χ2n) is 6.65. The predicted molar refractivity (Wildman–Crippen MR) is 111 cm³/mol. The van der Waals surface area contributed by atoms with E-state index in [1.165, 1.54) is 10.9 Å². The number of fused-ring (bicyclic) bond motifs is 1. The van der Waals surface area contributed by atoms with Crippen LogP contribution in [0, 0.1) is 6.92 Å². The Kier molecular flexibility index (Phi) is 4.89. The third kappa shape index (κ3) is 3.16. The number of anilines is 1. The zero-order chi connectivity index (χ0) is 19.5. The van der Waals surface area contributed by atoms with Crippen LogP contribution in [-0.2, 0) is 0 Å². The fourth-order valence-electron chi connectivity index (χ4n) is 3.75. The van der Waals surface area contributed by atoms with Gasteiger partial charge in [0, 0.05) is 33.8 Å². The number of H-pyrrole nitrogens is 2. The largest absolute Gasteiger partial charge is 0.493 e. The molecule has 0 saturated heterocycles. The van der Waals surface area contributed by atoms with Gasteiger partial charge in [0.05, 0.1) is 20.4 Å². The number of hydrogen-bond donors (Lipinski definition) is 2. The van der Waals surface area contributed by atoms with Gasteiger partial charge in [0.2, 0.25) is 0 Å². The lowest BCUT2D eigenvalue weighted by Crippen LogP contribution is -2.20. The quantitative estimate of drug-likeness (QED) is 0.522. The first-order valence-electron chi connectivity index (χ1n) is 9.24. The van der Waals surface area contributed by atoms with Crippen molar-refractivity contribution in [2.75, 3.05) is 19.5 Å². The molecule has 0 saturated carbocycles. The summed E-state index contributed by atoms with van der Waals surface area (Å²) in [6.07, 6.45) is 1.91. The van der Waals surface area contributed by atoms with E-state index >= 15 is 0 Å². The van der Waals surface area contributed by atoms with E-state index < -0.39 is 0 Å². The van der Waals surface area contributed by atoms with Gasteiger partial charge in [0.25, 0.3) is 5.82 Å². The molecule has 0 aliphatic rings. The van der Waals surface area contributed by atoms with Crippen molar-refractivity contribution >= 4 is 16.7 Å². The molecule has 0 aliphatic carbocycles. The standard InChI is InChI=1S/C23H23N3O2/c1-15-21(16-9-4-5-11-18(16)25-15)22(26-20-13-6-7-14-24-20)17-10-8-12-19(27-2)23(17)28-3/h4-14,22,25H,1-3H3,(H,24,26)/p+1/t22-/m0/s1. The van der Waals surface area contributed by atoms with E-state index in [2.05, 4.69) is 46.5 Å². The highest BCUT2D eigenvalue weighted by molar-refractivity contribution is 5.86. The van der Waals surface area contributed by atoms with E-state index in [0.29, 0.717) is 5.75 Å². The van der Waals surface area contributed by atoms with Crippen LogP contribution in [0.3, 0.4) is 0 Å². The number of hydrogen-bond acceptors (Lipinski definition) is 3. The summed E-state index contributed by atoms with van der Waals surface area (Å²) in [7, 11) is 3.33. The van der Waals surface area contributed by atoms with Crippen molar-refractivity contribution in [1.29, 1.82) is 0 Å². The van der Waals surface area contributed by atoms with E-state index in [0.717, 1.165) is 28.3 Å². The van der Waals surface area contributed by atoms with Gasteiger partial charge in [-0.05, 0) is 25.1 Å². The van der Waals surface area contributed by atoms with Gasteiger partial charge in [-0.3, -0.25) is 5.32 Å². The Hall–Kier alpha value is -3.47. The smallest absolute Gasteiger partial charge is 0.272 e. The number of nitrogens with one attached hydrogen (secondary N) is 3. The summed E-state index contributed by atoms with van der Waals surface area (Å²) < 4.78 is 11.3. The van der Waals surface area contributed by atoms with Crippen molar-refractivity contribution in [3.05, 3.63) is 83.7 Å². The van der Waals surface area contributed by atoms with Gasteiger partial charge >= 0.3 is 0 Å². The molecule has 2 aromatic heterocycles. The van der Waals surface area contributed by atoms with Gasteiger partial charge in [-0.25, -0.2) is 4.98 Å². The molecule has 5 heteroatoms. The molecule has 2 aromatic carbocycles. The fourth-order valence-corrected chi connectivity index (χ4v) is 3.75. The Morgan fingerprint density at radius 3 is 2.50 bits per heavy atom. The molecule has 28 heavy (non-hydrogen) atoms. The predicted octanol–water partition coefficient (Wildman–Crippen LogP) is 4.51. The maximum atomic E-state index is 5.75. The second kappa shape index (κ2) is 7.64. The van der Waals surface area contributed by atoms with Crippen LogP contribution in [0.15, 0.2) is 66.9 Å². The minimum absolute atomic E-state index is 0.139. The summed E-state index contributed by atoms with van der Waals surface area (Å²) in [6, 6.07) is 20.2. The Labute approximate surface area is 164 Å². The van der Waals surface area contributed by atoms with Crippen molar-refractivity contribution < 1.29 is 14.5 Å². The van der Waals surface area contributed by atoms with Crippen LogP contribution in [0.1, 0.15) is 22.9 Å². The van der Waals surface area contributed by atoms with Crippen LogP contribution in [-0.4, -0.2) is 19.2 Å². The van der Waals surface area contributed by atoms with Crippen LogP contribution in [0.4, 0.5) is 5.82 Å². The minimum Gasteiger partial charge on any atom is -0.493 e. The fraction of sp³-hybridized carbons (Fsp3) is 0.174. The molecule has 142 valence electrons. The van der Waals surface area contributed by atoms with Crippen molar-refractivity contribution in [2.24, 2.45) is 0 Å². The number of aryl methyl sites for hydroxylation is 1. The SMILES string of the molecule is COc1cccc([C@H](Nc2cccc[nH+]2)c2c(C)[nH]c3ccccc23)c1OC. The molecule has 5 nitrogen and oxygen atoms in total. The number of para-hydroxylation sites is 2. The summed E-state index contributed by atoms with van der Waals surface area (Å²) in [5.41, 5.74) is 4.41. The van der Waals surface area contributed by atoms with E-state index in [1.807, 2.05) is 42.6 Å². The number of ether oxygens (including phenoxy) is 2. The maximum absolute atomic E-state index is 5.75. The molecular weight excluding hydrogens is 350 g/mol. The Morgan fingerprint density at radius 2 is 1.75 bits per heavy atom. The van der Waals surface area contributed by atoms with Crippen molar-refractivity contribution in [1.82, 2.24) is 4.98 Å². The van der Waals surface area contributed by atoms with Crippen LogP contribution in [0.25, 0.3) is 10.9 Å². The van der Waals surface area contributed by atoms with Crippen LogP contribution in [0.5, 0.6) is 11.5 Å². The highest BCUT2D eigenvalue weighted by Gasteiger charge is 2.29. The van der Waals surface area contributed by atoms with Crippen molar-refractivity contribution in [3.8, 4) is 11.5 Å². The topological polar surface area (TPSA) is 60.4 Å². The molecule has 0 bridgehead atoms. The first-order chi connectivity index (χ1) is 13.7. The van der Waals surface area contributed by atoms with Gasteiger partial charge in [-0.15, -0.1) is 0 Å². The van der Waals surface area contributed by atoms with E-state index in [9.17, 15) is 0 Å². The van der Waals surface area contributed by atoms with Gasteiger partial charge < -0.3 is 14.5 Å². The number of benzene rings is 2. The molecule has 3 N–H and O–H groups in total. The summed E-state index contributed by atoms with van der Waals surface area (Å²) >= 11 is 0.